The predicted octanol–water partition coefficient (Wildman–Crippen LogP) is 0.449. The number of carbonyl (C=O) groups excluding carboxylic acids is 1. The Bertz CT molecular complexity index is 964. The summed E-state index contributed by atoms with van der Waals surface area (Å²) < 4.78 is 11.0. The lowest BCUT2D eigenvalue weighted by Gasteiger charge is -2.39. The Morgan fingerprint density at radius 3 is 2.61 bits per heavy atom. The summed E-state index contributed by atoms with van der Waals surface area (Å²) in [5.74, 6) is 0.0940. The van der Waals surface area contributed by atoms with Crippen LogP contribution in [-0.2, 0) is 4.74 Å². The molecule has 0 aromatic heterocycles. The second kappa shape index (κ2) is 10.4. The van der Waals surface area contributed by atoms with Gasteiger partial charge in [-0.1, -0.05) is 17.2 Å². The Morgan fingerprint density at radius 1 is 1.13 bits per heavy atom. The number of carbonyl (C=O) groups is 1. The van der Waals surface area contributed by atoms with Gasteiger partial charge in [0.15, 0.2) is 0 Å². The van der Waals surface area contributed by atoms with Crippen molar-refractivity contribution in [3.8, 4) is 5.75 Å². The minimum absolute atomic E-state index is 0.246. The van der Waals surface area contributed by atoms with Gasteiger partial charge in [-0.2, -0.15) is 0 Å². The van der Waals surface area contributed by atoms with Gasteiger partial charge in [-0.05, 0) is 47.0 Å². The average molecular weight is 432 g/mol. The molecule has 1 saturated heterocycles. The van der Waals surface area contributed by atoms with E-state index in [9.17, 15) is 25.2 Å². The second-order valence-electron chi connectivity index (χ2n) is 7.10. The zero-order valence-corrected chi connectivity index (χ0v) is 16.5. The van der Waals surface area contributed by atoms with Crippen LogP contribution in [0.4, 0.5) is 0 Å². The number of ether oxygens (including phenoxy) is 2. The van der Waals surface area contributed by atoms with Gasteiger partial charge < -0.3 is 35.2 Å². The summed E-state index contributed by atoms with van der Waals surface area (Å²) in [7, 11) is 0. The molecule has 0 radical (unpaired) electrons. The number of hydrogen-bond acceptors (Lipinski definition) is 8. The van der Waals surface area contributed by atoms with E-state index in [1.807, 2.05) is 0 Å². The van der Waals surface area contributed by atoms with Crippen molar-refractivity contribution >= 4 is 16.7 Å². The monoisotopic (exact) mass is 432 g/mol. The van der Waals surface area contributed by atoms with Crippen molar-refractivity contribution in [2.75, 3.05) is 19.7 Å². The third kappa shape index (κ3) is 5.42. The van der Waals surface area contributed by atoms with E-state index in [4.69, 9.17) is 15.0 Å². The number of azide groups is 1. The van der Waals surface area contributed by atoms with Gasteiger partial charge in [-0.15, -0.1) is 0 Å². The zero-order valence-electron chi connectivity index (χ0n) is 16.5. The molecule has 1 heterocycles. The molecule has 1 fully saturated rings. The van der Waals surface area contributed by atoms with Gasteiger partial charge in [-0.25, -0.2) is 0 Å². The van der Waals surface area contributed by atoms with E-state index in [1.54, 1.807) is 36.4 Å². The fourth-order valence-electron chi connectivity index (χ4n) is 3.24. The van der Waals surface area contributed by atoms with Gasteiger partial charge in [0.05, 0.1) is 6.61 Å². The molecule has 5 N–H and O–H groups in total. The molecule has 1 aliphatic rings. The Labute approximate surface area is 177 Å². The van der Waals surface area contributed by atoms with Crippen LogP contribution in [0.2, 0.25) is 0 Å². The molecule has 2 aromatic rings. The van der Waals surface area contributed by atoms with Gasteiger partial charge in [0.2, 0.25) is 6.29 Å². The first-order valence-electron chi connectivity index (χ1n) is 9.74. The number of aliphatic hydroxyl groups is 4. The number of amides is 1. The minimum Gasteiger partial charge on any atom is -0.462 e. The lowest BCUT2D eigenvalue weighted by atomic mass is 9.99. The highest BCUT2D eigenvalue weighted by molar-refractivity contribution is 5.98. The number of hydrogen-bond donors (Lipinski definition) is 5. The first-order chi connectivity index (χ1) is 14.9. The Morgan fingerprint density at radius 2 is 1.87 bits per heavy atom. The van der Waals surface area contributed by atoms with Crippen molar-refractivity contribution in [1.82, 2.24) is 5.32 Å². The normalized spacial score (nSPS) is 25.6. The van der Waals surface area contributed by atoms with Gasteiger partial charge >= 0.3 is 0 Å². The van der Waals surface area contributed by atoms with E-state index in [0.717, 1.165) is 10.8 Å². The maximum atomic E-state index is 12.3. The molecular weight excluding hydrogens is 408 g/mol. The fraction of sp³-hybridized carbons (Fsp3) is 0.450. The lowest BCUT2D eigenvalue weighted by Crippen LogP contribution is -2.60. The van der Waals surface area contributed by atoms with E-state index in [0.29, 0.717) is 30.8 Å². The highest BCUT2D eigenvalue weighted by atomic mass is 16.7. The predicted molar refractivity (Wildman–Crippen MR) is 109 cm³/mol. The molecule has 11 nitrogen and oxygen atoms in total. The number of nitrogens with zero attached hydrogens (tertiary/aromatic N) is 3. The Kier molecular flexibility index (Phi) is 7.64. The topological polar surface area (TPSA) is 177 Å². The third-order valence-electron chi connectivity index (χ3n) is 4.96. The maximum Gasteiger partial charge on any atom is 0.251 e. The largest absolute Gasteiger partial charge is 0.462 e. The average Bonchev–Trinajstić information content (AvgIpc) is 2.78. The molecule has 31 heavy (non-hydrogen) atoms. The van der Waals surface area contributed by atoms with Crippen LogP contribution < -0.4 is 10.1 Å². The molecule has 0 aliphatic carbocycles. The van der Waals surface area contributed by atoms with Crippen LogP contribution in [0.3, 0.4) is 0 Å². The summed E-state index contributed by atoms with van der Waals surface area (Å²) in [6.07, 6.45) is -6.27. The summed E-state index contributed by atoms with van der Waals surface area (Å²) in [5, 5.41) is 46.8. The number of benzene rings is 2. The fourth-order valence-corrected chi connectivity index (χ4v) is 3.24. The molecule has 0 bridgehead atoms. The Hall–Kier alpha value is -2.92. The van der Waals surface area contributed by atoms with Gasteiger partial charge in [0.1, 0.15) is 30.2 Å². The highest BCUT2D eigenvalue weighted by Gasteiger charge is 2.44. The molecule has 1 aliphatic heterocycles. The van der Waals surface area contributed by atoms with Crippen molar-refractivity contribution in [2.45, 2.75) is 37.1 Å². The second-order valence-corrected chi connectivity index (χ2v) is 7.10. The summed E-state index contributed by atoms with van der Waals surface area (Å²) >= 11 is 0. The zero-order chi connectivity index (χ0) is 22.4. The number of nitrogens with one attached hydrogen (secondary N) is 1. The van der Waals surface area contributed by atoms with E-state index in [-0.39, 0.29) is 5.91 Å². The van der Waals surface area contributed by atoms with Crippen LogP contribution in [0.5, 0.6) is 5.75 Å². The van der Waals surface area contributed by atoms with E-state index < -0.39 is 37.3 Å². The molecule has 0 spiro atoms. The summed E-state index contributed by atoms with van der Waals surface area (Å²) in [6.45, 7) is 0.159. The van der Waals surface area contributed by atoms with Crippen LogP contribution >= 0.6 is 0 Å². The highest BCUT2D eigenvalue weighted by Crippen LogP contribution is 2.27. The first kappa shape index (κ1) is 22.8. The molecule has 0 unspecified atom stereocenters. The molecule has 0 saturated carbocycles. The molecule has 5 atom stereocenters. The van der Waals surface area contributed by atoms with E-state index in [1.165, 1.54) is 0 Å². The van der Waals surface area contributed by atoms with Crippen molar-refractivity contribution in [2.24, 2.45) is 5.11 Å². The van der Waals surface area contributed by atoms with Crippen LogP contribution in [0.1, 0.15) is 16.8 Å². The van der Waals surface area contributed by atoms with Crippen LogP contribution in [0.15, 0.2) is 41.5 Å². The first-order valence-corrected chi connectivity index (χ1v) is 9.74. The third-order valence-corrected chi connectivity index (χ3v) is 4.96. The van der Waals surface area contributed by atoms with E-state index >= 15 is 0 Å². The molecular formula is C20H24N4O7. The molecule has 166 valence electrons. The standard InChI is InChI=1S/C20H24N4O7/c21-24-23-7-1-6-22-19(29)13-3-2-12-9-14(5-4-11(12)8-13)30-20-18(28)17(27)16(26)15(10-25)31-20/h2-5,8-9,15-18,20,25-28H,1,6-7,10H2,(H,22,29)/t15-,16+,17+,18-,20-/m1/s1. The molecule has 11 heteroatoms. The number of fused-ring (bicyclic) bond motifs is 1. The van der Waals surface area contributed by atoms with Crippen molar-refractivity contribution in [1.29, 1.82) is 0 Å². The smallest absolute Gasteiger partial charge is 0.251 e. The summed E-state index contributed by atoms with van der Waals surface area (Å²) in [4.78, 5) is 14.9. The van der Waals surface area contributed by atoms with Crippen LogP contribution in [0.25, 0.3) is 21.2 Å². The molecule has 2 aromatic carbocycles. The number of aliphatic hydroxyl groups excluding tert-OH is 4. The SMILES string of the molecule is [N-]=[N+]=NCCCNC(=O)c1ccc2cc(O[C@@H]3O[C@H](CO)[C@H](O)[C@H](O)[C@H]3O)ccc2c1. The number of rotatable bonds is 8. The Balaban J connectivity index is 1.67. The summed E-state index contributed by atoms with van der Waals surface area (Å²) in [5.41, 5.74) is 8.71. The lowest BCUT2D eigenvalue weighted by molar-refractivity contribution is -0.277. The van der Waals surface area contributed by atoms with Gasteiger partial charge in [-0.3, -0.25) is 4.79 Å². The summed E-state index contributed by atoms with van der Waals surface area (Å²) in [6, 6.07) is 10.1. The van der Waals surface area contributed by atoms with Gasteiger partial charge in [0, 0.05) is 23.6 Å². The minimum atomic E-state index is -1.52. The van der Waals surface area contributed by atoms with Crippen molar-refractivity contribution in [3.63, 3.8) is 0 Å². The van der Waals surface area contributed by atoms with Crippen LogP contribution in [-0.4, -0.2) is 76.7 Å². The molecule has 3 rings (SSSR count). The van der Waals surface area contributed by atoms with Crippen LogP contribution in [0, 0.1) is 0 Å². The quantitative estimate of drug-likeness (QED) is 0.174. The van der Waals surface area contributed by atoms with Crippen molar-refractivity contribution in [3.05, 3.63) is 52.4 Å². The maximum absolute atomic E-state index is 12.3. The van der Waals surface area contributed by atoms with Crippen molar-refractivity contribution < 1.29 is 34.7 Å². The molecule has 1 amide bonds. The van der Waals surface area contributed by atoms with Gasteiger partial charge in [0.25, 0.3) is 5.91 Å². The van der Waals surface area contributed by atoms with E-state index in [2.05, 4.69) is 15.3 Å².